The second kappa shape index (κ2) is 61.8. The van der Waals surface area contributed by atoms with Crippen LogP contribution in [0.4, 0.5) is 0 Å². The third kappa shape index (κ3) is 60.0. The molecular weight excluding hydrogens is 925 g/mol. The minimum atomic E-state index is -0.836. The molecule has 0 aliphatic carbocycles. The Labute approximate surface area is 461 Å². The summed E-state index contributed by atoms with van der Waals surface area (Å²) in [5.41, 5.74) is 0. The lowest BCUT2D eigenvalue weighted by Gasteiger charge is -2.18. The maximum Gasteiger partial charge on any atom is 0.306 e. The molecule has 0 fully saturated rings. The molecular formula is C69H110O6. The van der Waals surface area contributed by atoms with Crippen LogP contribution in [0.15, 0.2) is 146 Å². The molecule has 0 aliphatic heterocycles. The first kappa shape index (κ1) is 70.3. The van der Waals surface area contributed by atoms with Crippen molar-refractivity contribution >= 4 is 17.9 Å². The SMILES string of the molecule is CC/C=C\C/C=C\C/C=C\C/C=C\C/C=C\C/C=C\CCC(=O)OC(COC(=O)CCCCCCC/C=C\C/C=C\C/C=C\C/C=C\C/C=C\CC)COC(=O)CCCCCCCCC/C=C\CCCCCCCC. The molecule has 0 radical (unpaired) electrons. The van der Waals surface area contributed by atoms with Crippen molar-refractivity contribution in [2.75, 3.05) is 13.2 Å². The molecule has 75 heavy (non-hydrogen) atoms. The minimum absolute atomic E-state index is 0.122. The van der Waals surface area contributed by atoms with Gasteiger partial charge in [-0.3, -0.25) is 14.4 Å². The first-order chi connectivity index (χ1) is 37.0. The summed E-state index contributed by atoms with van der Waals surface area (Å²) in [5.74, 6) is -1.03. The zero-order valence-corrected chi connectivity index (χ0v) is 48.3. The number of esters is 3. The van der Waals surface area contributed by atoms with E-state index in [0.29, 0.717) is 19.3 Å². The summed E-state index contributed by atoms with van der Waals surface area (Å²) in [5, 5.41) is 0. The highest BCUT2D eigenvalue weighted by molar-refractivity contribution is 5.71. The predicted octanol–water partition coefficient (Wildman–Crippen LogP) is 20.8. The van der Waals surface area contributed by atoms with Crippen LogP contribution in [0.1, 0.15) is 252 Å². The second-order valence-corrected chi connectivity index (χ2v) is 19.5. The molecule has 422 valence electrons. The van der Waals surface area contributed by atoms with Gasteiger partial charge in [-0.15, -0.1) is 0 Å². The summed E-state index contributed by atoms with van der Waals surface area (Å²) in [7, 11) is 0. The van der Waals surface area contributed by atoms with Gasteiger partial charge in [0.1, 0.15) is 13.2 Å². The van der Waals surface area contributed by atoms with Gasteiger partial charge in [-0.2, -0.15) is 0 Å². The first-order valence-electron chi connectivity index (χ1n) is 30.3. The van der Waals surface area contributed by atoms with Gasteiger partial charge in [-0.1, -0.05) is 250 Å². The van der Waals surface area contributed by atoms with Gasteiger partial charge in [0.15, 0.2) is 6.10 Å². The number of ether oxygens (including phenoxy) is 3. The normalized spacial score (nSPS) is 13.2. The number of unbranched alkanes of at least 4 members (excludes halogenated alkanes) is 18. The monoisotopic (exact) mass is 1030 g/mol. The number of rotatable bonds is 53. The summed E-state index contributed by atoms with van der Waals surface area (Å²) < 4.78 is 16.8. The molecule has 0 saturated carbocycles. The molecule has 0 aromatic rings. The fourth-order valence-electron chi connectivity index (χ4n) is 7.84. The molecule has 0 bridgehead atoms. The molecule has 0 rings (SSSR count). The van der Waals surface area contributed by atoms with E-state index < -0.39 is 12.1 Å². The Morgan fingerprint density at radius 1 is 0.280 bits per heavy atom. The average molecular weight is 1040 g/mol. The van der Waals surface area contributed by atoms with E-state index in [9.17, 15) is 14.4 Å². The summed E-state index contributed by atoms with van der Waals surface area (Å²) in [6, 6.07) is 0. The van der Waals surface area contributed by atoms with Gasteiger partial charge in [0, 0.05) is 19.3 Å². The van der Waals surface area contributed by atoms with Gasteiger partial charge in [0.2, 0.25) is 0 Å². The number of allylic oxidation sites excluding steroid dienone is 24. The number of hydrogen-bond acceptors (Lipinski definition) is 6. The first-order valence-corrected chi connectivity index (χ1v) is 30.3. The van der Waals surface area contributed by atoms with Crippen LogP contribution in [0, 0.1) is 0 Å². The standard InChI is InChI=1S/C69H110O6/c1-4-7-10-13-16-19-22-25-28-31-33-34-36-38-41-44-47-50-53-56-59-62-68(71)74-65-66(64-73-67(70)61-58-55-52-49-46-43-40-37-30-27-24-21-18-15-12-9-6-3)75-69(72)63-60-57-54-51-48-45-42-39-35-32-29-26-23-20-17-14-11-8-5-2/h7-8,10-11,16-17,19-20,25-30,33-35,38-39,41,45,48,54,57,66H,4-6,9,12-15,18,21-24,31-32,36-37,40,42-44,46-47,49-53,55-56,58-65H2,1-3H3/b10-7-,11-8-,19-16-,20-17-,28-25-,29-26-,30-27-,34-33-,39-35-,41-38-,48-45-,57-54-. The smallest absolute Gasteiger partial charge is 0.306 e. The predicted molar refractivity (Wildman–Crippen MR) is 325 cm³/mol. The van der Waals surface area contributed by atoms with E-state index in [2.05, 4.69) is 154 Å². The summed E-state index contributed by atoms with van der Waals surface area (Å²) in [4.78, 5) is 38.2. The van der Waals surface area contributed by atoms with Gasteiger partial charge in [0.05, 0.1) is 0 Å². The van der Waals surface area contributed by atoms with Crippen LogP contribution in [0.5, 0.6) is 0 Å². The van der Waals surface area contributed by atoms with Crippen molar-refractivity contribution in [3.8, 4) is 0 Å². The van der Waals surface area contributed by atoms with E-state index in [1.807, 2.05) is 12.2 Å². The van der Waals surface area contributed by atoms with Gasteiger partial charge in [-0.25, -0.2) is 0 Å². The summed E-state index contributed by atoms with van der Waals surface area (Å²) in [6.07, 6.45) is 88.5. The molecule has 0 spiro atoms. The molecule has 0 amide bonds. The van der Waals surface area contributed by atoms with E-state index in [1.165, 1.54) is 77.0 Å². The van der Waals surface area contributed by atoms with Crippen molar-refractivity contribution in [2.45, 2.75) is 258 Å². The minimum Gasteiger partial charge on any atom is -0.462 e. The number of carbonyl (C=O) groups is 3. The van der Waals surface area contributed by atoms with Gasteiger partial charge < -0.3 is 14.2 Å². The van der Waals surface area contributed by atoms with Crippen molar-refractivity contribution in [2.24, 2.45) is 0 Å². The summed E-state index contributed by atoms with van der Waals surface area (Å²) >= 11 is 0. The molecule has 0 aromatic heterocycles. The molecule has 6 nitrogen and oxygen atoms in total. The van der Waals surface area contributed by atoms with Crippen molar-refractivity contribution in [1.29, 1.82) is 0 Å². The molecule has 0 aliphatic rings. The molecule has 0 saturated heterocycles. The maximum absolute atomic E-state index is 12.9. The topological polar surface area (TPSA) is 78.9 Å². The van der Waals surface area contributed by atoms with Crippen LogP contribution in [-0.4, -0.2) is 37.2 Å². The van der Waals surface area contributed by atoms with Gasteiger partial charge >= 0.3 is 17.9 Å². The highest BCUT2D eigenvalue weighted by Gasteiger charge is 2.19. The lowest BCUT2D eigenvalue weighted by atomic mass is 10.1. The molecule has 6 heteroatoms. The highest BCUT2D eigenvalue weighted by Crippen LogP contribution is 2.14. The molecule has 1 atom stereocenters. The Hall–Kier alpha value is -4.71. The number of carbonyl (C=O) groups excluding carboxylic acids is 3. The molecule has 0 aromatic carbocycles. The maximum atomic E-state index is 12.9. The third-order valence-corrected chi connectivity index (χ3v) is 12.3. The lowest BCUT2D eigenvalue weighted by Crippen LogP contribution is -2.30. The Kier molecular flexibility index (Phi) is 58.0. The fraction of sp³-hybridized carbons (Fsp3) is 0.609. The Morgan fingerprint density at radius 2 is 0.547 bits per heavy atom. The van der Waals surface area contributed by atoms with E-state index in [0.717, 1.165) is 128 Å². The van der Waals surface area contributed by atoms with Crippen LogP contribution in [-0.2, 0) is 28.6 Å². The van der Waals surface area contributed by atoms with E-state index in [1.54, 1.807) is 0 Å². The van der Waals surface area contributed by atoms with Crippen molar-refractivity contribution in [3.63, 3.8) is 0 Å². The quantitative estimate of drug-likeness (QED) is 0.0261. The Balaban J connectivity index is 4.56. The largest absolute Gasteiger partial charge is 0.462 e. The van der Waals surface area contributed by atoms with E-state index >= 15 is 0 Å². The van der Waals surface area contributed by atoms with Crippen LogP contribution in [0.25, 0.3) is 0 Å². The highest BCUT2D eigenvalue weighted by atomic mass is 16.6. The third-order valence-electron chi connectivity index (χ3n) is 12.3. The van der Waals surface area contributed by atoms with E-state index in [-0.39, 0.29) is 31.6 Å². The van der Waals surface area contributed by atoms with Gasteiger partial charge in [-0.05, 0) is 128 Å². The van der Waals surface area contributed by atoms with Crippen LogP contribution >= 0.6 is 0 Å². The van der Waals surface area contributed by atoms with Crippen molar-refractivity contribution in [3.05, 3.63) is 146 Å². The average Bonchev–Trinajstić information content (AvgIpc) is 3.41. The molecule has 0 N–H and O–H groups in total. The zero-order chi connectivity index (χ0) is 54.3. The molecule has 1 unspecified atom stereocenters. The van der Waals surface area contributed by atoms with Crippen LogP contribution < -0.4 is 0 Å². The second-order valence-electron chi connectivity index (χ2n) is 19.5. The van der Waals surface area contributed by atoms with Crippen LogP contribution in [0.3, 0.4) is 0 Å². The van der Waals surface area contributed by atoms with Crippen molar-refractivity contribution < 1.29 is 28.6 Å². The summed E-state index contributed by atoms with van der Waals surface area (Å²) in [6.45, 7) is 6.32. The van der Waals surface area contributed by atoms with Crippen LogP contribution in [0.2, 0.25) is 0 Å². The molecule has 0 heterocycles. The lowest BCUT2D eigenvalue weighted by molar-refractivity contribution is -0.166. The zero-order valence-electron chi connectivity index (χ0n) is 48.3. The van der Waals surface area contributed by atoms with Crippen molar-refractivity contribution in [1.82, 2.24) is 0 Å². The Bertz CT molecular complexity index is 1660. The Morgan fingerprint density at radius 3 is 0.880 bits per heavy atom. The fourth-order valence-corrected chi connectivity index (χ4v) is 7.84. The van der Waals surface area contributed by atoms with Gasteiger partial charge in [0.25, 0.3) is 0 Å². The van der Waals surface area contributed by atoms with E-state index in [4.69, 9.17) is 14.2 Å². The number of hydrogen-bond donors (Lipinski definition) is 0.